The fourth-order valence-corrected chi connectivity index (χ4v) is 6.61. The predicted molar refractivity (Wildman–Crippen MR) is 157 cm³/mol. The van der Waals surface area contributed by atoms with Gasteiger partial charge in [-0.1, -0.05) is 60.7 Å². The standard InChI is InChI=1S/C30H32N6O3S/c37-40(38,23-24-10-2-1-3-11-24)36-28-15-7-6-14-27(28)29(33-36)35-19-17-34(18-20-35)16-8-9-21-39-30-26-13-5-4-12-25(26)22-31-32-30/h1-7,10-15,22H,8-9,16-21,23H2. The summed E-state index contributed by atoms with van der Waals surface area (Å²) in [5.41, 5.74) is 1.36. The maximum absolute atomic E-state index is 13.3. The van der Waals surface area contributed by atoms with Crippen LogP contribution >= 0.6 is 0 Å². The summed E-state index contributed by atoms with van der Waals surface area (Å²) in [7, 11) is -3.67. The SMILES string of the molecule is O=S(=O)(Cc1ccccc1)n1nc(N2CCN(CCCCOc3nncc4ccccc34)CC2)c2ccccc21. The van der Waals surface area contributed by atoms with Crippen molar-refractivity contribution in [1.29, 1.82) is 0 Å². The number of aromatic nitrogens is 4. The van der Waals surface area contributed by atoms with Crippen LogP contribution in [0.2, 0.25) is 0 Å². The van der Waals surface area contributed by atoms with Gasteiger partial charge in [-0.2, -0.15) is 9.19 Å². The summed E-state index contributed by atoms with van der Waals surface area (Å²) in [4.78, 5) is 4.65. The zero-order valence-corrected chi connectivity index (χ0v) is 23.1. The number of piperazine rings is 1. The smallest absolute Gasteiger partial charge is 0.258 e. The van der Waals surface area contributed by atoms with Crippen molar-refractivity contribution in [2.75, 3.05) is 44.2 Å². The van der Waals surface area contributed by atoms with Crippen LogP contribution < -0.4 is 9.64 Å². The molecule has 0 spiro atoms. The maximum atomic E-state index is 13.3. The third-order valence-electron chi connectivity index (χ3n) is 7.31. The molecular weight excluding hydrogens is 524 g/mol. The van der Waals surface area contributed by atoms with Gasteiger partial charge in [0, 0.05) is 42.3 Å². The van der Waals surface area contributed by atoms with Crippen molar-refractivity contribution in [3.8, 4) is 5.88 Å². The number of fused-ring (bicyclic) bond motifs is 2. The Morgan fingerprint density at radius 2 is 1.52 bits per heavy atom. The van der Waals surface area contributed by atoms with Crippen LogP contribution in [0, 0.1) is 0 Å². The van der Waals surface area contributed by atoms with E-state index in [0.717, 1.165) is 73.1 Å². The van der Waals surface area contributed by atoms with Gasteiger partial charge in [0.2, 0.25) is 5.88 Å². The van der Waals surface area contributed by atoms with Crippen molar-refractivity contribution < 1.29 is 13.2 Å². The summed E-state index contributed by atoms with van der Waals surface area (Å²) in [6.45, 7) is 4.97. The average Bonchev–Trinajstić information content (AvgIpc) is 3.39. The lowest BCUT2D eigenvalue weighted by Crippen LogP contribution is -2.47. The molecule has 0 N–H and O–H groups in total. The van der Waals surface area contributed by atoms with Crippen molar-refractivity contribution >= 4 is 37.5 Å². The highest BCUT2D eigenvalue weighted by Gasteiger charge is 2.26. The second kappa shape index (κ2) is 11.6. The van der Waals surface area contributed by atoms with Crippen LogP contribution in [0.1, 0.15) is 18.4 Å². The second-order valence-corrected chi connectivity index (χ2v) is 11.8. The second-order valence-electron chi connectivity index (χ2n) is 10.0. The monoisotopic (exact) mass is 556 g/mol. The number of ether oxygens (including phenoxy) is 1. The Morgan fingerprint density at radius 1 is 0.800 bits per heavy atom. The van der Waals surface area contributed by atoms with Crippen LogP contribution in [0.25, 0.3) is 21.7 Å². The zero-order chi connectivity index (χ0) is 27.4. The highest BCUT2D eigenvalue weighted by Crippen LogP contribution is 2.29. The predicted octanol–water partition coefficient (Wildman–Crippen LogP) is 4.34. The van der Waals surface area contributed by atoms with Crippen molar-refractivity contribution in [3.63, 3.8) is 0 Å². The number of hydrogen-bond donors (Lipinski definition) is 0. The number of hydrogen-bond acceptors (Lipinski definition) is 8. The molecule has 3 aromatic carbocycles. The van der Waals surface area contributed by atoms with Gasteiger partial charge in [-0.25, -0.2) is 8.42 Å². The van der Waals surface area contributed by atoms with Crippen LogP contribution in [0.15, 0.2) is 85.1 Å². The zero-order valence-electron chi connectivity index (χ0n) is 22.3. The molecule has 5 aromatic rings. The maximum Gasteiger partial charge on any atom is 0.258 e. The van der Waals surface area contributed by atoms with Crippen molar-refractivity contribution in [2.24, 2.45) is 0 Å². The van der Waals surface area contributed by atoms with E-state index >= 15 is 0 Å². The fourth-order valence-electron chi connectivity index (χ4n) is 5.21. The molecule has 1 fully saturated rings. The molecule has 1 aliphatic heterocycles. The quantitative estimate of drug-likeness (QED) is 0.235. The van der Waals surface area contributed by atoms with Crippen LogP contribution in [0.5, 0.6) is 5.88 Å². The van der Waals surface area contributed by atoms with E-state index < -0.39 is 10.0 Å². The molecule has 6 rings (SSSR count). The molecule has 3 heterocycles. The first-order chi connectivity index (χ1) is 19.6. The lowest BCUT2D eigenvalue weighted by atomic mass is 10.2. The van der Waals surface area contributed by atoms with Crippen LogP contribution in [0.3, 0.4) is 0 Å². The first-order valence-electron chi connectivity index (χ1n) is 13.6. The molecule has 206 valence electrons. The first kappa shape index (κ1) is 26.2. The van der Waals surface area contributed by atoms with Gasteiger partial charge in [0.15, 0.2) is 5.82 Å². The van der Waals surface area contributed by atoms with Crippen LogP contribution in [-0.2, 0) is 15.8 Å². The Hall–Kier alpha value is -4.02. The Morgan fingerprint density at radius 3 is 2.35 bits per heavy atom. The van der Waals surface area contributed by atoms with Crippen molar-refractivity contribution in [2.45, 2.75) is 18.6 Å². The summed E-state index contributed by atoms with van der Waals surface area (Å²) in [5, 5.41) is 15.7. The molecule has 0 radical (unpaired) electrons. The topological polar surface area (TPSA) is 93.5 Å². The van der Waals surface area contributed by atoms with E-state index in [4.69, 9.17) is 4.74 Å². The molecular formula is C30H32N6O3S. The molecule has 10 heteroatoms. The Labute approximate surface area is 234 Å². The van der Waals surface area contributed by atoms with Crippen molar-refractivity contribution in [1.82, 2.24) is 24.3 Å². The minimum Gasteiger partial charge on any atom is -0.476 e. The molecule has 0 aliphatic carbocycles. The largest absolute Gasteiger partial charge is 0.476 e. The number of para-hydroxylation sites is 1. The van der Waals surface area contributed by atoms with Gasteiger partial charge in [-0.05, 0) is 43.1 Å². The summed E-state index contributed by atoms with van der Waals surface area (Å²) < 4.78 is 33.8. The third-order valence-corrected chi connectivity index (χ3v) is 8.81. The lowest BCUT2D eigenvalue weighted by Gasteiger charge is -2.35. The van der Waals surface area contributed by atoms with Crippen LogP contribution in [-0.4, -0.2) is 72.0 Å². The van der Waals surface area contributed by atoms with Gasteiger partial charge in [-0.15, -0.1) is 10.2 Å². The summed E-state index contributed by atoms with van der Waals surface area (Å²) in [6, 6.07) is 24.8. The minimum atomic E-state index is -3.67. The molecule has 40 heavy (non-hydrogen) atoms. The molecule has 1 aliphatic rings. The van der Waals surface area contributed by atoms with Gasteiger partial charge in [0.05, 0.1) is 24.1 Å². The Kier molecular flexibility index (Phi) is 7.61. The fraction of sp³-hybridized carbons (Fsp3) is 0.300. The van der Waals surface area contributed by atoms with Crippen molar-refractivity contribution in [3.05, 3.63) is 90.6 Å². The highest BCUT2D eigenvalue weighted by atomic mass is 32.2. The van der Waals surface area contributed by atoms with Gasteiger partial charge in [0.1, 0.15) is 0 Å². The minimum absolute atomic E-state index is 0.0937. The van der Waals surface area contributed by atoms with Gasteiger partial charge in [0.25, 0.3) is 10.0 Å². The summed E-state index contributed by atoms with van der Waals surface area (Å²) in [6.07, 6.45) is 3.70. The van der Waals surface area contributed by atoms with E-state index in [1.54, 1.807) is 6.20 Å². The molecule has 0 unspecified atom stereocenters. The van der Waals surface area contributed by atoms with E-state index in [1.807, 2.05) is 78.9 Å². The molecule has 0 amide bonds. The average molecular weight is 557 g/mol. The molecule has 0 saturated carbocycles. The van der Waals surface area contributed by atoms with Gasteiger partial charge in [-0.3, -0.25) is 4.90 Å². The number of rotatable bonds is 10. The van der Waals surface area contributed by atoms with E-state index in [9.17, 15) is 8.42 Å². The van der Waals surface area contributed by atoms with E-state index in [1.165, 1.54) is 4.09 Å². The molecule has 2 aromatic heterocycles. The normalized spacial score (nSPS) is 14.7. The van der Waals surface area contributed by atoms with E-state index in [2.05, 4.69) is 25.1 Å². The summed E-state index contributed by atoms with van der Waals surface area (Å²) in [5.74, 6) is 1.23. The lowest BCUT2D eigenvalue weighted by molar-refractivity contribution is 0.236. The van der Waals surface area contributed by atoms with Crippen LogP contribution in [0.4, 0.5) is 5.82 Å². The Balaban J connectivity index is 1.04. The molecule has 0 atom stereocenters. The number of benzene rings is 3. The number of unbranched alkanes of at least 4 members (excludes halogenated alkanes) is 1. The molecule has 0 bridgehead atoms. The van der Waals surface area contributed by atoms with E-state index in [0.29, 0.717) is 18.0 Å². The number of nitrogens with zero attached hydrogens (tertiary/aromatic N) is 6. The van der Waals surface area contributed by atoms with Gasteiger partial charge >= 0.3 is 0 Å². The van der Waals surface area contributed by atoms with E-state index in [-0.39, 0.29) is 5.75 Å². The Bertz CT molecular complexity index is 1690. The summed E-state index contributed by atoms with van der Waals surface area (Å²) >= 11 is 0. The molecule has 9 nitrogen and oxygen atoms in total. The third kappa shape index (κ3) is 5.64. The van der Waals surface area contributed by atoms with Gasteiger partial charge < -0.3 is 9.64 Å². The number of anilines is 1. The first-order valence-corrected chi connectivity index (χ1v) is 15.2. The molecule has 1 saturated heterocycles. The highest BCUT2D eigenvalue weighted by molar-refractivity contribution is 7.89.